The summed E-state index contributed by atoms with van der Waals surface area (Å²) in [5.74, 6) is 0.696. The van der Waals surface area contributed by atoms with Gasteiger partial charge in [-0.3, -0.25) is 0 Å². The number of carbonyl (C=O) groups excluding carboxylic acids is 1. The molecule has 1 aliphatic rings. The van der Waals surface area contributed by atoms with E-state index in [9.17, 15) is 4.79 Å². The quantitative estimate of drug-likeness (QED) is 0.884. The topological polar surface area (TPSA) is 93.6 Å². The summed E-state index contributed by atoms with van der Waals surface area (Å²) in [5, 5.41) is 13.4. The lowest BCUT2D eigenvalue weighted by Crippen LogP contribution is -2.42. The molecule has 0 radical (unpaired) electrons. The number of piperidine rings is 1. The first kappa shape index (κ1) is 16.6. The zero-order valence-electron chi connectivity index (χ0n) is 13.6. The van der Waals surface area contributed by atoms with Crippen molar-refractivity contribution >= 4 is 11.9 Å². The molecule has 0 saturated carbocycles. The Morgan fingerprint density at radius 2 is 2.27 bits per heavy atom. The number of aliphatic hydroxyl groups excluding tert-OH is 1. The van der Waals surface area contributed by atoms with E-state index in [4.69, 9.17) is 15.6 Å². The summed E-state index contributed by atoms with van der Waals surface area (Å²) < 4.78 is 7.03. The number of aliphatic hydroxyl groups is 1. The van der Waals surface area contributed by atoms with Gasteiger partial charge in [0.15, 0.2) is 0 Å². The van der Waals surface area contributed by atoms with Crippen molar-refractivity contribution in [1.29, 1.82) is 0 Å². The molecule has 1 unspecified atom stereocenters. The summed E-state index contributed by atoms with van der Waals surface area (Å²) in [5.41, 5.74) is 6.28. The summed E-state index contributed by atoms with van der Waals surface area (Å²) in [6, 6.07) is 1.83. The molecule has 0 aromatic carbocycles. The number of ether oxygens (including phenoxy) is 1. The fourth-order valence-electron chi connectivity index (χ4n) is 2.64. The van der Waals surface area contributed by atoms with Gasteiger partial charge in [0, 0.05) is 25.1 Å². The van der Waals surface area contributed by atoms with Crippen molar-refractivity contribution in [3.8, 4) is 0 Å². The number of anilines is 1. The third kappa shape index (κ3) is 4.13. The molecule has 1 fully saturated rings. The number of rotatable bonds is 3. The van der Waals surface area contributed by atoms with Gasteiger partial charge in [0.1, 0.15) is 11.4 Å². The van der Waals surface area contributed by atoms with Crippen LogP contribution in [0.25, 0.3) is 0 Å². The average Bonchev–Trinajstić information content (AvgIpc) is 2.79. The SMILES string of the molecule is CC(C)(C)OC(=O)N1CCCC(c2cc(N)n(CCO)n2)C1. The lowest BCUT2D eigenvalue weighted by atomic mass is 9.95. The summed E-state index contributed by atoms with van der Waals surface area (Å²) in [7, 11) is 0. The number of aromatic nitrogens is 2. The Hall–Kier alpha value is -1.76. The number of nitrogens with two attached hydrogens (primary N) is 1. The Bertz CT molecular complexity index is 521. The van der Waals surface area contributed by atoms with Crippen molar-refractivity contribution in [2.75, 3.05) is 25.4 Å². The minimum absolute atomic E-state index is 0.0000201. The van der Waals surface area contributed by atoms with Crippen LogP contribution in [0.15, 0.2) is 6.07 Å². The van der Waals surface area contributed by atoms with Gasteiger partial charge in [-0.05, 0) is 33.6 Å². The smallest absolute Gasteiger partial charge is 0.410 e. The molecule has 2 rings (SSSR count). The van der Waals surface area contributed by atoms with Crippen LogP contribution in [-0.4, -0.2) is 51.2 Å². The summed E-state index contributed by atoms with van der Waals surface area (Å²) in [6.07, 6.45) is 1.60. The molecule has 0 aliphatic carbocycles. The summed E-state index contributed by atoms with van der Waals surface area (Å²) in [4.78, 5) is 13.9. The Morgan fingerprint density at radius 3 is 2.91 bits per heavy atom. The van der Waals surface area contributed by atoms with E-state index >= 15 is 0 Å². The van der Waals surface area contributed by atoms with Crippen molar-refractivity contribution in [2.45, 2.75) is 51.7 Å². The van der Waals surface area contributed by atoms with Gasteiger partial charge in [0.25, 0.3) is 0 Å². The molecule has 2 heterocycles. The second-order valence-corrected chi connectivity index (χ2v) is 6.71. The highest BCUT2D eigenvalue weighted by Gasteiger charge is 2.29. The standard InChI is InChI=1S/C15H26N4O3/c1-15(2,3)22-14(21)18-6-4-5-11(10-18)12-9-13(16)19(17-12)7-8-20/h9,11,20H,4-8,10,16H2,1-3H3. The van der Waals surface area contributed by atoms with Crippen LogP contribution < -0.4 is 5.73 Å². The number of carbonyl (C=O) groups is 1. The molecular formula is C15H26N4O3. The van der Waals surface area contributed by atoms with Gasteiger partial charge < -0.3 is 20.5 Å². The number of nitrogens with zero attached hydrogens (tertiary/aromatic N) is 3. The zero-order chi connectivity index (χ0) is 16.3. The molecule has 0 spiro atoms. The van der Waals surface area contributed by atoms with E-state index in [0.29, 0.717) is 25.5 Å². The molecule has 1 saturated heterocycles. The maximum Gasteiger partial charge on any atom is 0.410 e. The van der Waals surface area contributed by atoms with Gasteiger partial charge in [0.05, 0.1) is 18.8 Å². The third-order valence-electron chi connectivity index (χ3n) is 3.63. The van der Waals surface area contributed by atoms with Gasteiger partial charge in [-0.1, -0.05) is 0 Å². The van der Waals surface area contributed by atoms with Crippen LogP contribution in [0, 0.1) is 0 Å². The summed E-state index contributed by atoms with van der Waals surface area (Å²) in [6.45, 7) is 7.27. The van der Waals surface area contributed by atoms with Crippen molar-refractivity contribution in [3.05, 3.63) is 11.8 Å². The highest BCUT2D eigenvalue weighted by molar-refractivity contribution is 5.68. The molecule has 7 nitrogen and oxygen atoms in total. The van der Waals surface area contributed by atoms with Gasteiger partial charge in [-0.15, -0.1) is 0 Å². The van der Waals surface area contributed by atoms with Gasteiger partial charge in [0.2, 0.25) is 0 Å². The lowest BCUT2D eigenvalue weighted by Gasteiger charge is -2.33. The van der Waals surface area contributed by atoms with Gasteiger partial charge >= 0.3 is 6.09 Å². The molecule has 1 atom stereocenters. The van der Waals surface area contributed by atoms with Crippen LogP contribution in [0.1, 0.15) is 45.2 Å². The van der Waals surface area contributed by atoms with Crippen LogP contribution in [0.5, 0.6) is 0 Å². The van der Waals surface area contributed by atoms with E-state index in [1.807, 2.05) is 26.8 Å². The summed E-state index contributed by atoms with van der Waals surface area (Å²) >= 11 is 0. The van der Waals surface area contributed by atoms with Crippen LogP contribution >= 0.6 is 0 Å². The van der Waals surface area contributed by atoms with Crippen LogP contribution in [0.2, 0.25) is 0 Å². The van der Waals surface area contributed by atoms with E-state index in [0.717, 1.165) is 18.5 Å². The maximum atomic E-state index is 12.2. The van der Waals surface area contributed by atoms with Crippen molar-refractivity contribution in [3.63, 3.8) is 0 Å². The molecule has 3 N–H and O–H groups in total. The fourth-order valence-corrected chi connectivity index (χ4v) is 2.64. The lowest BCUT2D eigenvalue weighted by molar-refractivity contribution is 0.0197. The Kier molecular flexibility index (Phi) is 4.95. The highest BCUT2D eigenvalue weighted by Crippen LogP contribution is 2.28. The molecule has 0 bridgehead atoms. The number of nitrogen functional groups attached to an aromatic ring is 1. The largest absolute Gasteiger partial charge is 0.444 e. The Labute approximate surface area is 131 Å². The maximum absolute atomic E-state index is 12.2. The zero-order valence-corrected chi connectivity index (χ0v) is 13.6. The second-order valence-electron chi connectivity index (χ2n) is 6.71. The van der Waals surface area contributed by atoms with Crippen molar-refractivity contribution in [2.24, 2.45) is 0 Å². The van der Waals surface area contributed by atoms with E-state index < -0.39 is 5.60 Å². The molecule has 1 aliphatic heterocycles. The van der Waals surface area contributed by atoms with Crippen LogP contribution in [-0.2, 0) is 11.3 Å². The van der Waals surface area contributed by atoms with E-state index in [1.165, 1.54) is 0 Å². The average molecular weight is 310 g/mol. The van der Waals surface area contributed by atoms with Crippen LogP contribution in [0.4, 0.5) is 10.6 Å². The number of amides is 1. The van der Waals surface area contributed by atoms with E-state index in [-0.39, 0.29) is 18.6 Å². The van der Waals surface area contributed by atoms with Crippen molar-refractivity contribution in [1.82, 2.24) is 14.7 Å². The van der Waals surface area contributed by atoms with Crippen molar-refractivity contribution < 1.29 is 14.6 Å². The molecule has 7 heteroatoms. The minimum Gasteiger partial charge on any atom is -0.444 e. The number of likely N-dealkylation sites (tertiary alicyclic amines) is 1. The first-order valence-electron chi connectivity index (χ1n) is 7.72. The minimum atomic E-state index is -0.489. The van der Waals surface area contributed by atoms with E-state index in [2.05, 4.69) is 5.10 Å². The predicted octanol–water partition coefficient (Wildman–Crippen LogP) is 1.57. The third-order valence-corrected chi connectivity index (χ3v) is 3.63. The molecule has 22 heavy (non-hydrogen) atoms. The second kappa shape index (κ2) is 6.56. The Balaban J connectivity index is 2.04. The normalized spacial score (nSPS) is 19.3. The molecule has 1 aromatic rings. The van der Waals surface area contributed by atoms with Gasteiger partial charge in [-0.2, -0.15) is 5.10 Å². The fraction of sp³-hybridized carbons (Fsp3) is 0.733. The molecule has 1 amide bonds. The molecular weight excluding hydrogens is 284 g/mol. The molecule has 124 valence electrons. The van der Waals surface area contributed by atoms with Gasteiger partial charge in [-0.25, -0.2) is 9.48 Å². The molecule has 1 aromatic heterocycles. The first-order chi connectivity index (χ1) is 10.3. The first-order valence-corrected chi connectivity index (χ1v) is 7.72. The number of hydrogen-bond acceptors (Lipinski definition) is 5. The highest BCUT2D eigenvalue weighted by atomic mass is 16.6. The Morgan fingerprint density at radius 1 is 1.55 bits per heavy atom. The number of hydrogen-bond donors (Lipinski definition) is 2. The van der Waals surface area contributed by atoms with Crippen LogP contribution in [0.3, 0.4) is 0 Å². The predicted molar refractivity (Wildman–Crippen MR) is 83.5 cm³/mol. The monoisotopic (exact) mass is 310 g/mol. The van der Waals surface area contributed by atoms with E-state index in [1.54, 1.807) is 9.58 Å².